The van der Waals surface area contributed by atoms with E-state index >= 15 is 0 Å². The molecule has 0 aliphatic heterocycles. The molecule has 0 saturated heterocycles. The lowest BCUT2D eigenvalue weighted by Gasteiger charge is -2.18. The summed E-state index contributed by atoms with van der Waals surface area (Å²) < 4.78 is 32.1. The zero-order valence-corrected chi connectivity index (χ0v) is 11.8. The van der Waals surface area contributed by atoms with E-state index in [1.165, 1.54) is 0 Å². The van der Waals surface area contributed by atoms with E-state index in [1.807, 2.05) is 0 Å². The molecule has 0 rings (SSSR count). The van der Waals surface area contributed by atoms with Crippen molar-refractivity contribution in [2.45, 2.75) is 24.7 Å². The smallest absolute Gasteiger partial charge is 0.324 e. The first kappa shape index (κ1) is 18.2. The Kier molecular flexibility index (Phi) is 6.64. The molecule has 12 heteroatoms. The maximum absolute atomic E-state index is 10.9. The summed E-state index contributed by atoms with van der Waals surface area (Å²) in [5.74, 6) is 0.622. The van der Waals surface area contributed by atoms with Crippen molar-refractivity contribution in [2.75, 3.05) is 0 Å². The molecule has 0 bridgehead atoms. The minimum atomic E-state index is -4.92. The molecule has 0 saturated carbocycles. The summed E-state index contributed by atoms with van der Waals surface area (Å²) in [4.78, 5) is 52.0. The Hall–Kier alpha value is 0.190. The molecular formula is C6H15O9P3. The van der Waals surface area contributed by atoms with E-state index in [9.17, 15) is 13.7 Å². The summed E-state index contributed by atoms with van der Waals surface area (Å²) in [7, 11) is -14.1. The van der Waals surface area contributed by atoms with Crippen LogP contribution in [0, 0.1) is 0 Å². The van der Waals surface area contributed by atoms with Crippen LogP contribution in [-0.4, -0.2) is 34.8 Å². The topological polar surface area (TPSA) is 173 Å². The quantitative estimate of drug-likeness (QED) is 0.288. The third-order valence-corrected chi connectivity index (χ3v) is 6.38. The second-order valence-corrected chi connectivity index (χ2v) is 9.05. The summed E-state index contributed by atoms with van der Waals surface area (Å²) in [6.45, 7) is 0. The molecule has 0 radical (unpaired) electrons. The molecule has 0 unspecified atom stereocenters. The summed E-state index contributed by atoms with van der Waals surface area (Å²) in [6.07, 6.45) is 0.677. The van der Waals surface area contributed by atoms with E-state index in [0.717, 1.165) is 6.08 Å². The van der Waals surface area contributed by atoms with Gasteiger partial charge in [0.1, 0.15) is 0 Å². The van der Waals surface area contributed by atoms with Gasteiger partial charge in [0.15, 0.2) is 5.40 Å². The fourth-order valence-corrected chi connectivity index (χ4v) is 4.19. The van der Waals surface area contributed by atoms with Crippen LogP contribution in [0.2, 0.25) is 0 Å². The van der Waals surface area contributed by atoms with Crippen molar-refractivity contribution in [1.29, 1.82) is 0 Å². The highest BCUT2D eigenvalue weighted by molar-refractivity contribution is 7.70. The van der Waals surface area contributed by atoms with Gasteiger partial charge in [-0.2, -0.15) is 0 Å². The van der Waals surface area contributed by atoms with Gasteiger partial charge in [-0.15, -0.1) is 0 Å². The van der Waals surface area contributed by atoms with Gasteiger partial charge in [-0.3, -0.25) is 13.7 Å². The lowest BCUT2D eigenvalue weighted by molar-refractivity contribution is 0.334. The Morgan fingerprint density at radius 1 is 0.889 bits per heavy atom. The predicted molar refractivity (Wildman–Crippen MR) is 62.9 cm³/mol. The Morgan fingerprint density at radius 2 is 1.33 bits per heavy atom. The molecule has 0 aromatic rings. The molecule has 0 atom stereocenters. The van der Waals surface area contributed by atoms with Gasteiger partial charge in [-0.1, -0.05) is 6.08 Å². The van der Waals surface area contributed by atoms with Gasteiger partial charge >= 0.3 is 22.8 Å². The van der Waals surface area contributed by atoms with Crippen molar-refractivity contribution in [3.63, 3.8) is 0 Å². The number of allylic oxidation sites excluding steroid dienone is 1. The number of rotatable bonds is 7. The lowest BCUT2D eigenvalue weighted by Crippen LogP contribution is -2.08. The molecule has 0 fully saturated rings. The van der Waals surface area contributed by atoms with Crippen molar-refractivity contribution in [3.05, 3.63) is 11.9 Å². The zero-order valence-electron chi connectivity index (χ0n) is 9.10. The largest absolute Gasteiger partial charge is 0.348 e. The van der Waals surface area contributed by atoms with Crippen LogP contribution in [0.5, 0.6) is 0 Å². The number of unbranched alkanes of at least 4 members (excludes halogenated alkanes) is 1. The van der Waals surface area contributed by atoms with Gasteiger partial charge < -0.3 is 29.4 Å². The minimum absolute atomic E-state index is 0.0165. The molecule has 108 valence electrons. The normalized spacial score (nSPS) is 14.6. The maximum Gasteiger partial charge on any atom is 0.348 e. The second-order valence-electron chi connectivity index (χ2n) is 3.56. The van der Waals surface area contributed by atoms with Crippen molar-refractivity contribution in [3.8, 4) is 0 Å². The van der Waals surface area contributed by atoms with Gasteiger partial charge in [0.25, 0.3) is 0 Å². The fourth-order valence-electron chi connectivity index (χ4n) is 1.16. The summed E-state index contributed by atoms with van der Waals surface area (Å²) >= 11 is 0. The van der Waals surface area contributed by atoms with Gasteiger partial charge in [0.05, 0.1) is 0 Å². The van der Waals surface area contributed by atoms with E-state index in [4.69, 9.17) is 29.4 Å². The Balaban J connectivity index is 4.42. The predicted octanol–water partition coefficient (Wildman–Crippen LogP) is 0.530. The third-order valence-electron chi connectivity index (χ3n) is 1.91. The molecule has 0 aliphatic rings. The van der Waals surface area contributed by atoms with Crippen LogP contribution in [0.25, 0.3) is 0 Å². The molecule has 0 heterocycles. The van der Waals surface area contributed by atoms with E-state index < -0.39 is 34.6 Å². The van der Waals surface area contributed by atoms with Crippen LogP contribution in [0.1, 0.15) is 19.3 Å². The lowest BCUT2D eigenvalue weighted by atomic mass is 10.2. The average Bonchev–Trinajstić information content (AvgIpc) is 2.04. The van der Waals surface area contributed by atoms with Crippen LogP contribution in [0.4, 0.5) is 0 Å². The SMILES string of the molecule is O=P(O)(O)/C=C/CCCC(P(=O)(O)O)P(=O)(O)O. The maximum atomic E-state index is 10.9. The molecule has 0 aliphatic carbocycles. The fraction of sp³-hybridized carbons (Fsp3) is 0.667. The Labute approximate surface area is 103 Å². The molecule has 6 N–H and O–H groups in total. The van der Waals surface area contributed by atoms with E-state index in [-0.39, 0.29) is 12.8 Å². The van der Waals surface area contributed by atoms with Crippen LogP contribution in [0.15, 0.2) is 11.9 Å². The van der Waals surface area contributed by atoms with Crippen molar-refractivity contribution in [1.82, 2.24) is 0 Å². The molecule has 0 aromatic heterocycles. The van der Waals surface area contributed by atoms with Crippen LogP contribution >= 0.6 is 22.8 Å². The highest BCUT2D eigenvalue weighted by Gasteiger charge is 2.42. The first-order valence-corrected chi connectivity index (χ1v) is 9.72. The summed E-state index contributed by atoms with van der Waals surface area (Å²) in [5.41, 5.74) is 0. The first-order chi connectivity index (χ1) is 7.84. The number of hydrogen-bond donors (Lipinski definition) is 6. The van der Waals surface area contributed by atoms with E-state index in [2.05, 4.69) is 0 Å². The van der Waals surface area contributed by atoms with Gasteiger partial charge in [-0.25, -0.2) is 0 Å². The minimum Gasteiger partial charge on any atom is -0.324 e. The molecule has 0 spiro atoms. The van der Waals surface area contributed by atoms with Gasteiger partial charge in [-0.05, 0) is 19.3 Å². The monoisotopic (exact) mass is 324 g/mol. The highest BCUT2D eigenvalue weighted by Crippen LogP contribution is 2.61. The van der Waals surface area contributed by atoms with E-state index in [1.54, 1.807) is 0 Å². The van der Waals surface area contributed by atoms with Crippen LogP contribution in [0.3, 0.4) is 0 Å². The molecule has 0 aromatic carbocycles. The van der Waals surface area contributed by atoms with E-state index in [0.29, 0.717) is 5.82 Å². The Bertz CT molecular complexity index is 404. The van der Waals surface area contributed by atoms with Crippen molar-refractivity contribution in [2.24, 2.45) is 0 Å². The highest BCUT2D eigenvalue weighted by atomic mass is 31.2. The van der Waals surface area contributed by atoms with Gasteiger partial charge in [0, 0.05) is 5.82 Å². The van der Waals surface area contributed by atoms with Crippen molar-refractivity contribution < 1.29 is 43.1 Å². The molecule has 0 amide bonds. The van der Waals surface area contributed by atoms with Crippen LogP contribution in [-0.2, 0) is 13.7 Å². The Morgan fingerprint density at radius 3 is 1.67 bits per heavy atom. The van der Waals surface area contributed by atoms with Crippen molar-refractivity contribution >= 4 is 22.8 Å². The average molecular weight is 324 g/mol. The van der Waals surface area contributed by atoms with Gasteiger partial charge in [0.2, 0.25) is 0 Å². The molecular weight excluding hydrogens is 309 g/mol. The summed E-state index contributed by atoms with van der Waals surface area (Å²) in [6, 6.07) is 0. The third kappa shape index (κ3) is 8.32. The first-order valence-electron chi connectivity index (χ1n) is 4.67. The zero-order chi connectivity index (χ0) is 14.6. The summed E-state index contributed by atoms with van der Waals surface area (Å²) in [5, 5.41) is -2.08. The van der Waals surface area contributed by atoms with Crippen LogP contribution < -0.4 is 0 Å². The second kappa shape index (κ2) is 6.57. The molecule has 9 nitrogen and oxygen atoms in total. The molecule has 18 heavy (non-hydrogen) atoms. The number of hydrogen-bond acceptors (Lipinski definition) is 3. The standard InChI is InChI=1S/C6H15O9P3/c7-16(8,9)5-3-1-2-4-6(17(10,11)12)18(13,14)15/h3,5-6H,1-2,4H2,(H2,7,8,9)(H2,10,11,12)(H2,13,14,15)/b5-3+.